The van der Waals surface area contributed by atoms with E-state index in [2.05, 4.69) is 31.6 Å². The Labute approximate surface area is 166 Å². The number of benzene rings is 1. The van der Waals surface area contributed by atoms with E-state index in [1.165, 1.54) is 0 Å². The van der Waals surface area contributed by atoms with Gasteiger partial charge in [0.25, 0.3) is 0 Å². The van der Waals surface area contributed by atoms with Gasteiger partial charge in [-0.1, -0.05) is 23.7 Å². The van der Waals surface area contributed by atoms with E-state index in [0.29, 0.717) is 47.3 Å². The van der Waals surface area contributed by atoms with Crippen molar-refractivity contribution in [3.05, 3.63) is 65.1 Å². The molecule has 0 bridgehead atoms. The van der Waals surface area contributed by atoms with Gasteiger partial charge in [-0.15, -0.1) is 10.2 Å². The molecule has 28 heavy (non-hydrogen) atoms. The van der Waals surface area contributed by atoms with Crippen molar-refractivity contribution in [2.24, 2.45) is 0 Å². The van der Waals surface area contributed by atoms with Crippen LogP contribution in [0.3, 0.4) is 0 Å². The van der Waals surface area contributed by atoms with Crippen LogP contribution in [0.4, 0.5) is 10.3 Å². The third-order valence-electron chi connectivity index (χ3n) is 4.92. The minimum Gasteiger partial charge on any atom is -0.352 e. The molecule has 1 aliphatic carbocycles. The average molecular weight is 395 g/mol. The molecule has 2 aromatic heterocycles. The topological polar surface area (TPSA) is 87.4 Å². The fourth-order valence-electron chi connectivity index (χ4n) is 3.47. The number of anilines is 1. The molecular formula is C20H16ClFN6. The number of alkyl halides is 1. The molecule has 0 radical (unpaired) electrons. The summed E-state index contributed by atoms with van der Waals surface area (Å²) in [5, 5.41) is 20.9. The SMILES string of the molecule is N#Cc1cccc(-c2cnc(NCC3(c4ncccc4Cl)CC(F)C3)nn2)c1. The van der Waals surface area contributed by atoms with Crippen LogP contribution in [0.15, 0.2) is 48.8 Å². The summed E-state index contributed by atoms with van der Waals surface area (Å²) in [5.41, 5.74) is 2.08. The normalized spacial score (nSPS) is 20.8. The molecule has 0 aliphatic heterocycles. The lowest BCUT2D eigenvalue weighted by Crippen LogP contribution is -2.48. The quantitative estimate of drug-likeness (QED) is 0.705. The van der Waals surface area contributed by atoms with E-state index < -0.39 is 11.6 Å². The lowest BCUT2D eigenvalue weighted by atomic mass is 9.65. The third kappa shape index (κ3) is 3.51. The smallest absolute Gasteiger partial charge is 0.242 e. The molecule has 0 saturated heterocycles. The highest BCUT2D eigenvalue weighted by Gasteiger charge is 2.48. The van der Waals surface area contributed by atoms with Crippen molar-refractivity contribution in [1.82, 2.24) is 20.2 Å². The zero-order valence-corrected chi connectivity index (χ0v) is 15.6. The number of nitrogens with zero attached hydrogens (tertiary/aromatic N) is 5. The van der Waals surface area contributed by atoms with E-state index >= 15 is 0 Å². The zero-order chi connectivity index (χ0) is 19.6. The molecule has 0 amide bonds. The van der Waals surface area contributed by atoms with Crippen LogP contribution in [-0.4, -0.2) is 32.9 Å². The van der Waals surface area contributed by atoms with Gasteiger partial charge in [0.05, 0.1) is 28.5 Å². The summed E-state index contributed by atoms with van der Waals surface area (Å²) in [6.45, 7) is 0.412. The van der Waals surface area contributed by atoms with Gasteiger partial charge in [0.15, 0.2) is 0 Å². The summed E-state index contributed by atoms with van der Waals surface area (Å²) in [4.78, 5) is 8.66. The molecule has 0 atom stereocenters. The average Bonchev–Trinajstić information content (AvgIpc) is 2.71. The van der Waals surface area contributed by atoms with Gasteiger partial charge in [0.1, 0.15) is 11.9 Å². The van der Waals surface area contributed by atoms with Crippen LogP contribution < -0.4 is 5.32 Å². The summed E-state index contributed by atoms with van der Waals surface area (Å²) in [7, 11) is 0. The first-order valence-corrected chi connectivity index (χ1v) is 9.17. The van der Waals surface area contributed by atoms with Crippen molar-refractivity contribution >= 4 is 17.5 Å². The molecule has 1 aromatic carbocycles. The van der Waals surface area contributed by atoms with Crippen LogP contribution in [0.5, 0.6) is 0 Å². The predicted molar refractivity (Wildman–Crippen MR) is 104 cm³/mol. The molecule has 2 heterocycles. The maximum absolute atomic E-state index is 13.7. The van der Waals surface area contributed by atoms with Crippen molar-refractivity contribution in [2.75, 3.05) is 11.9 Å². The first kappa shape index (κ1) is 18.3. The minimum atomic E-state index is -0.867. The molecule has 4 rings (SSSR count). The highest BCUT2D eigenvalue weighted by Crippen LogP contribution is 2.46. The number of hydrogen-bond donors (Lipinski definition) is 1. The highest BCUT2D eigenvalue weighted by atomic mass is 35.5. The van der Waals surface area contributed by atoms with E-state index in [9.17, 15) is 4.39 Å². The van der Waals surface area contributed by atoms with Crippen molar-refractivity contribution in [3.63, 3.8) is 0 Å². The summed E-state index contributed by atoms with van der Waals surface area (Å²) < 4.78 is 13.7. The van der Waals surface area contributed by atoms with Gasteiger partial charge in [-0.2, -0.15) is 5.26 Å². The number of hydrogen-bond acceptors (Lipinski definition) is 6. The Hall–Kier alpha value is -3.11. The van der Waals surface area contributed by atoms with E-state index in [0.717, 1.165) is 5.56 Å². The summed E-state index contributed by atoms with van der Waals surface area (Å²) >= 11 is 6.28. The Balaban J connectivity index is 1.50. The van der Waals surface area contributed by atoms with Gasteiger partial charge in [-0.05, 0) is 37.1 Å². The first-order valence-electron chi connectivity index (χ1n) is 8.79. The lowest BCUT2D eigenvalue weighted by Gasteiger charge is -2.44. The molecule has 1 saturated carbocycles. The van der Waals surface area contributed by atoms with E-state index in [1.807, 2.05) is 6.07 Å². The third-order valence-corrected chi connectivity index (χ3v) is 5.22. The van der Waals surface area contributed by atoms with E-state index in [4.69, 9.17) is 16.9 Å². The van der Waals surface area contributed by atoms with Crippen LogP contribution in [0.1, 0.15) is 24.1 Å². The lowest BCUT2D eigenvalue weighted by molar-refractivity contribution is 0.0996. The second-order valence-corrected chi connectivity index (χ2v) is 7.24. The van der Waals surface area contributed by atoms with E-state index in [1.54, 1.807) is 42.7 Å². The van der Waals surface area contributed by atoms with Crippen LogP contribution in [0, 0.1) is 11.3 Å². The second-order valence-electron chi connectivity index (χ2n) is 6.83. The Morgan fingerprint density at radius 3 is 2.75 bits per heavy atom. The Bertz CT molecular complexity index is 1030. The number of rotatable bonds is 5. The molecule has 8 heteroatoms. The molecule has 0 unspecified atom stereocenters. The van der Waals surface area contributed by atoms with Crippen LogP contribution in [0.2, 0.25) is 5.02 Å². The van der Waals surface area contributed by atoms with Crippen LogP contribution in [-0.2, 0) is 5.41 Å². The largest absolute Gasteiger partial charge is 0.352 e. The summed E-state index contributed by atoms with van der Waals surface area (Å²) in [5.74, 6) is 0.342. The molecule has 3 aromatic rings. The number of aromatic nitrogens is 4. The van der Waals surface area contributed by atoms with Crippen LogP contribution in [0.25, 0.3) is 11.3 Å². The first-order chi connectivity index (χ1) is 13.6. The Kier molecular flexibility index (Phi) is 4.88. The molecule has 1 aliphatic rings. The fourth-order valence-corrected chi connectivity index (χ4v) is 3.79. The van der Waals surface area contributed by atoms with Gasteiger partial charge < -0.3 is 5.32 Å². The summed E-state index contributed by atoms with van der Waals surface area (Å²) in [6, 6.07) is 12.7. The maximum atomic E-state index is 13.7. The van der Waals surface area contributed by atoms with Crippen molar-refractivity contribution < 1.29 is 4.39 Å². The molecular weight excluding hydrogens is 379 g/mol. The van der Waals surface area contributed by atoms with Crippen molar-refractivity contribution in [2.45, 2.75) is 24.4 Å². The number of nitrogens with one attached hydrogen (secondary N) is 1. The zero-order valence-electron chi connectivity index (χ0n) is 14.8. The minimum absolute atomic E-state index is 0.342. The summed E-state index contributed by atoms with van der Waals surface area (Å²) in [6.07, 6.45) is 3.09. The van der Waals surface area contributed by atoms with E-state index in [-0.39, 0.29) is 0 Å². The fraction of sp³-hybridized carbons (Fsp3) is 0.250. The molecule has 6 nitrogen and oxygen atoms in total. The predicted octanol–water partition coefficient (Wildman–Crippen LogP) is 3.94. The van der Waals surface area contributed by atoms with Gasteiger partial charge >= 0.3 is 0 Å². The number of halogens is 2. The number of nitriles is 1. The molecule has 0 spiro atoms. The van der Waals surface area contributed by atoms with Gasteiger partial charge in [0, 0.05) is 23.7 Å². The molecule has 1 fully saturated rings. The Morgan fingerprint density at radius 1 is 1.21 bits per heavy atom. The Morgan fingerprint density at radius 2 is 2.07 bits per heavy atom. The van der Waals surface area contributed by atoms with Crippen LogP contribution >= 0.6 is 11.6 Å². The van der Waals surface area contributed by atoms with Gasteiger partial charge in [-0.3, -0.25) is 4.98 Å². The second kappa shape index (κ2) is 7.49. The maximum Gasteiger partial charge on any atom is 0.242 e. The monoisotopic (exact) mass is 394 g/mol. The molecule has 1 N–H and O–H groups in total. The molecule has 140 valence electrons. The standard InChI is InChI=1S/C20H16ClFN6/c21-16-5-2-6-24-18(16)20(8-15(22)9-20)12-26-19-25-11-17(27-28-19)14-4-1-3-13(7-14)10-23/h1-7,11,15H,8-9,12H2,(H,25,26,28). The van der Waals surface area contributed by atoms with Gasteiger partial charge in [-0.25, -0.2) is 9.37 Å². The highest BCUT2D eigenvalue weighted by molar-refractivity contribution is 6.31. The van der Waals surface area contributed by atoms with Crippen molar-refractivity contribution in [3.8, 4) is 17.3 Å². The van der Waals surface area contributed by atoms with Crippen molar-refractivity contribution in [1.29, 1.82) is 5.26 Å². The number of pyridine rings is 1. The van der Waals surface area contributed by atoms with Gasteiger partial charge in [0.2, 0.25) is 5.95 Å².